The molecule has 4 amide bonds. The molecule has 4 unspecified atom stereocenters. The van der Waals surface area contributed by atoms with Gasteiger partial charge in [-0.15, -0.1) is 11.8 Å². The average molecular weight is 778 g/mol. The van der Waals surface area contributed by atoms with Gasteiger partial charge in [0.2, 0.25) is 17.7 Å². The smallest absolute Gasteiger partial charge is 0.408 e. The van der Waals surface area contributed by atoms with Crippen LogP contribution in [0.2, 0.25) is 0 Å². The van der Waals surface area contributed by atoms with E-state index in [0.29, 0.717) is 12.8 Å². The number of fused-ring (bicyclic) bond motifs is 1. The van der Waals surface area contributed by atoms with Crippen molar-refractivity contribution in [2.75, 3.05) is 25.3 Å². The molecule has 4 rings (SSSR count). The third kappa shape index (κ3) is 13.5. The van der Waals surface area contributed by atoms with E-state index < -0.39 is 54.1 Å². The van der Waals surface area contributed by atoms with Crippen LogP contribution in [0.5, 0.6) is 0 Å². The number of amides is 4. The Kier molecular flexibility index (Phi) is 17.3. The Balaban J connectivity index is 1.56. The van der Waals surface area contributed by atoms with Crippen LogP contribution in [0.4, 0.5) is 4.79 Å². The fraction of sp³-hybridized carbons (Fsp3) is 0.524. The molecule has 0 saturated carbocycles. The summed E-state index contributed by atoms with van der Waals surface area (Å²) < 4.78 is 5.51. The normalized spacial score (nSPS) is 17.8. The number of carbonyl (C=O) groups excluding carboxylic acids is 4. The van der Waals surface area contributed by atoms with E-state index in [0.717, 1.165) is 39.9 Å². The summed E-state index contributed by atoms with van der Waals surface area (Å²) in [5.41, 5.74) is 1.63. The van der Waals surface area contributed by atoms with Crippen LogP contribution in [0.1, 0.15) is 64.5 Å². The number of nitrogens with one attached hydrogen (secondary N) is 4. The van der Waals surface area contributed by atoms with E-state index in [9.17, 15) is 29.4 Å². The lowest BCUT2D eigenvalue weighted by molar-refractivity contribution is -0.132. The maximum Gasteiger partial charge on any atom is 0.408 e. The summed E-state index contributed by atoms with van der Waals surface area (Å²) in [6.45, 7) is 7.62. The minimum atomic E-state index is -1.22. The third-order valence-electron chi connectivity index (χ3n) is 10.3. The van der Waals surface area contributed by atoms with Crippen molar-refractivity contribution in [2.45, 2.75) is 103 Å². The van der Waals surface area contributed by atoms with Gasteiger partial charge in [0.15, 0.2) is 0 Å². The number of hydrogen-bond acceptors (Lipinski definition) is 9. The van der Waals surface area contributed by atoms with Crippen LogP contribution in [0.15, 0.2) is 72.8 Å². The average Bonchev–Trinajstić information content (AvgIpc) is 3.58. The SMILES string of the molecule is CCC(C)[C@@H](CO)NC(=O)CC(O)C(CC(C)C)NC(=O)[C@H](CC1CSCN1C)NC(=O)[C@H](Cc1cccc2ccccc12)NC(=O)OCc1ccccc1. The van der Waals surface area contributed by atoms with Gasteiger partial charge in [-0.25, -0.2) is 4.79 Å². The molecule has 1 saturated heterocycles. The van der Waals surface area contributed by atoms with Gasteiger partial charge in [-0.2, -0.15) is 0 Å². The maximum absolute atomic E-state index is 14.3. The van der Waals surface area contributed by atoms with Crippen molar-refractivity contribution < 1.29 is 34.1 Å². The van der Waals surface area contributed by atoms with Gasteiger partial charge in [-0.1, -0.05) is 107 Å². The van der Waals surface area contributed by atoms with E-state index in [2.05, 4.69) is 26.2 Å². The zero-order valence-corrected chi connectivity index (χ0v) is 33.5. The molecule has 3 aromatic rings. The first-order valence-electron chi connectivity index (χ1n) is 19.3. The minimum Gasteiger partial charge on any atom is -0.445 e. The molecule has 0 aliphatic carbocycles. The minimum absolute atomic E-state index is 0.0157. The Bertz CT molecular complexity index is 1690. The predicted octanol–water partition coefficient (Wildman–Crippen LogP) is 4.36. The summed E-state index contributed by atoms with van der Waals surface area (Å²) in [4.78, 5) is 56.9. The van der Waals surface area contributed by atoms with Crippen molar-refractivity contribution in [3.63, 3.8) is 0 Å². The van der Waals surface area contributed by atoms with Crippen LogP contribution < -0.4 is 21.3 Å². The molecule has 300 valence electrons. The second-order valence-electron chi connectivity index (χ2n) is 15.1. The predicted molar refractivity (Wildman–Crippen MR) is 217 cm³/mol. The fourth-order valence-electron chi connectivity index (χ4n) is 6.75. The van der Waals surface area contributed by atoms with E-state index in [4.69, 9.17) is 4.74 Å². The molecule has 12 nitrogen and oxygen atoms in total. The van der Waals surface area contributed by atoms with E-state index in [1.807, 2.05) is 108 Å². The molecule has 1 aliphatic heterocycles. The summed E-state index contributed by atoms with van der Waals surface area (Å²) in [7, 11) is 1.97. The van der Waals surface area contributed by atoms with Crippen molar-refractivity contribution in [2.24, 2.45) is 11.8 Å². The number of carbonyl (C=O) groups is 4. The Morgan fingerprint density at radius 3 is 2.24 bits per heavy atom. The van der Waals surface area contributed by atoms with Crippen molar-refractivity contribution in [1.29, 1.82) is 0 Å². The molecule has 7 atom stereocenters. The molecule has 55 heavy (non-hydrogen) atoms. The van der Waals surface area contributed by atoms with Gasteiger partial charge in [0.25, 0.3) is 0 Å². The highest BCUT2D eigenvalue weighted by Gasteiger charge is 2.35. The quantitative estimate of drug-likeness (QED) is 0.0977. The number of alkyl carbamates (subject to hydrolysis) is 1. The number of ether oxygens (including phenoxy) is 1. The topological polar surface area (TPSA) is 169 Å². The molecular weight excluding hydrogens is 719 g/mol. The number of nitrogens with zero attached hydrogens (tertiary/aromatic N) is 1. The molecule has 0 radical (unpaired) electrons. The third-order valence-corrected chi connectivity index (χ3v) is 11.5. The first-order chi connectivity index (χ1) is 26.4. The molecule has 0 bridgehead atoms. The molecule has 6 N–H and O–H groups in total. The summed E-state index contributed by atoms with van der Waals surface area (Å²) in [6, 6.07) is 19.5. The molecule has 1 fully saturated rings. The van der Waals surface area contributed by atoms with Crippen molar-refractivity contribution in [3.8, 4) is 0 Å². The summed E-state index contributed by atoms with van der Waals surface area (Å²) in [5.74, 6) is 0.172. The lowest BCUT2D eigenvalue weighted by Gasteiger charge is -2.31. The zero-order valence-electron chi connectivity index (χ0n) is 32.7. The lowest BCUT2D eigenvalue weighted by atomic mass is 9.95. The van der Waals surface area contributed by atoms with Crippen LogP contribution in [-0.2, 0) is 32.1 Å². The van der Waals surface area contributed by atoms with Crippen LogP contribution in [0.25, 0.3) is 10.8 Å². The number of hydrogen-bond donors (Lipinski definition) is 6. The van der Waals surface area contributed by atoms with Crippen LogP contribution in [0, 0.1) is 11.8 Å². The number of rotatable bonds is 20. The molecule has 0 spiro atoms. The van der Waals surface area contributed by atoms with Gasteiger partial charge in [0.05, 0.1) is 31.2 Å². The Labute approximate surface area is 329 Å². The highest BCUT2D eigenvalue weighted by atomic mass is 32.2. The Hall–Kier alpha value is -4.17. The highest BCUT2D eigenvalue weighted by molar-refractivity contribution is 7.99. The standard InChI is InChI=1S/C42H59N5O7S/c1-6-28(4)37(23-48)43-39(50)22-38(49)34(19-27(2)3)44-41(52)36(21-32-25-55-26-47(32)5)45-40(51)35(46-42(53)54-24-29-13-8-7-9-14-29)20-31-17-12-16-30-15-10-11-18-33(30)31/h7-18,27-28,32,34-38,48-49H,6,19-26H2,1-5H3,(H,43,50)(H,44,52)(H,45,51)(H,46,53)/t28?,32?,34?,35-,36-,37+,38?/m0/s1. The molecule has 13 heteroatoms. The molecular formula is C42H59N5O7S. The van der Waals surface area contributed by atoms with E-state index in [-0.39, 0.29) is 43.9 Å². The monoisotopic (exact) mass is 777 g/mol. The zero-order chi connectivity index (χ0) is 39.9. The van der Waals surface area contributed by atoms with Crippen LogP contribution in [0.3, 0.4) is 0 Å². The van der Waals surface area contributed by atoms with Crippen molar-refractivity contribution in [3.05, 3.63) is 83.9 Å². The second-order valence-corrected chi connectivity index (χ2v) is 16.1. The van der Waals surface area contributed by atoms with Gasteiger partial charge in [-0.3, -0.25) is 19.3 Å². The Morgan fingerprint density at radius 1 is 0.873 bits per heavy atom. The van der Waals surface area contributed by atoms with Gasteiger partial charge < -0.3 is 36.2 Å². The summed E-state index contributed by atoms with van der Waals surface area (Å²) >= 11 is 1.73. The summed E-state index contributed by atoms with van der Waals surface area (Å²) in [5, 5.41) is 34.6. The van der Waals surface area contributed by atoms with Gasteiger partial charge in [0.1, 0.15) is 18.7 Å². The van der Waals surface area contributed by atoms with Gasteiger partial charge in [0, 0.05) is 24.1 Å². The summed E-state index contributed by atoms with van der Waals surface area (Å²) in [6.07, 6.45) is -0.695. The van der Waals surface area contributed by atoms with Crippen LogP contribution in [-0.4, -0.2) is 101 Å². The fourth-order valence-corrected chi connectivity index (χ4v) is 8.02. The first-order valence-corrected chi connectivity index (χ1v) is 20.4. The van der Waals surface area contributed by atoms with E-state index in [1.54, 1.807) is 11.8 Å². The molecule has 1 aliphatic rings. The van der Waals surface area contributed by atoms with Crippen molar-refractivity contribution >= 4 is 46.3 Å². The lowest BCUT2D eigenvalue weighted by Crippen LogP contribution is -2.58. The number of aliphatic hydroxyl groups is 2. The number of benzene rings is 3. The largest absolute Gasteiger partial charge is 0.445 e. The second kappa shape index (κ2) is 21.8. The van der Waals surface area contributed by atoms with Crippen molar-refractivity contribution in [1.82, 2.24) is 26.2 Å². The number of thioether (sulfide) groups is 1. The first kappa shape index (κ1) is 43.6. The number of aliphatic hydroxyl groups excluding tert-OH is 2. The van der Waals surface area contributed by atoms with Crippen LogP contribution >= 0.6 is 11.8 Å². The Morgan fingerprint density at radius 2 is 1.56 bits per heavy atom. The van der Waals surface area contributed by atoms with Gasteiger partial charge in [-0.05, 0) is 53.6 Å². The van der Waals surface area contributed by atoms with E-state index in [1.165, 1.54) is 0 Å². The molecule has 3 aromatic carbocycles. The molecule has 1 heterocycles. The van der Waals surface area contributed by atoms with E-state index >= 15 is 0 Å². The molecule has 0 aromatic heterocycles. The maximum atomic E-state index is 14.3. The van der Waals surface area contributed by atoms with Gasteiger partial charge >= 0.3 is 6.09 Å². The highest BCUT2D eigenvalue weighted by Crippen LogP contribution is 2.24.